The summed E-state index contributed by atoms with van der Waals surface area (Å²) in [6.07, 6.45) is 3.85. The van der Waals surface area contributed by atoms with Crippen LogP contribution in [0.25, 0.3) is 0 Å². The summed E-state index contributed by atoms with van der Waals surface area (Å²) in [5.74, 6) is 1.04. The number of nitrogen functional groups attached to an aromatic ring is 1. The molecule has 2 aliphatic rings. The number of hydrogen-bond acceptors (Lipinski definition) is 3. The Morgan fingerprint density at radius 2 is 2.05 bits per heavy atom. The lowest BCUT2D eigenvalue weighted by Gasteiger charge is -2.22. The summed E-state index contributed by atoms with van der Waals surface area (Å²) >= 11 is 0. The number of amides is 1. The molecular formula is C17H25N3O. The molecule has 2 fully saturated rings. The van der Waals surface area contributed by atoms with E-state index in [9.17, 15) is 4.79 Å². The Kier molecular flexibility index (Phi) is 4.15. The summed E-state index contributed by atoms with van der Waals surface area (Å²) in [5, 5.41) is 0. The van der Waals surface area contributed by atoms with Gasteiger partial charge in [0.25, 0.3) is 5.91 Å². The van der Waals surface area contributed by atoms with E-state index in [0.29, 0.717) is 11.3 Å². The average molecular weight is 287 g/mol. The highest BCUT2D eigenvalue weighted by molar-refractivity contribution is 5.95. The third-order valence-electron chi connectivity index (χ3n) is 4.62. The van der Waals surface area contributed by atoms with Crippen molar-refractivity contribution in [2.45, 2.75) is 26.2 Å². The minimum Gasteiger partial charge on any atom is -0.398 e. The predicted octanol–water partition coefficient (Wildman–Crippen LogP) is 2.14. The number of carbonyl (C=O) groups excluding carboxylic acids is 1. The quantitative estimate of drug-likeness (QED) is 0.867. The van der Waals surface area contributed by atoms with Crippen molar-refractivity contribution in [3.63, 3.8) is 0 Å². The van der Waals surface area contributed by atoms with E-state index >= 15 is 0 Å². The highest BCUT2D eigenvalue weighted by atomic mass is 16.2. The van der Waals surface area contributed by atoms with Gasteiger partial charge in [-0.15, -0.1) is 0 Å². The first kappa shape index (κ1) is 14.4. The molecular weight excluding hydrogens is 262 g/mol. The minimum absolute atomic E-state index is 0.120. The minimum atomic E-state index is 0.120. The summed E-state index contributed by atoms with van der Waals surface area (Å²) in [6.45, 7) is 7.00. The first-order chi connectivity index (χ1) is 10.1. The fourth-order valence-corrected chi connectivity index (χ4v) is 2.98. The van der Waals surface area contributed by atoms with Gasteiger partial charge in [-0.2, -0.15) is 0 Å². The van der Waals surface area contributed by atoms with Crippen molar-refractivity contribution >= 4 is 11.6 Å². The van der Waals surface area contributed by atoms with E-state index in [0.717, 1.165) is 44.1 Å². The van der Waals surface area contributed by atoms with Crippen LogP contribution in [0.2, 0.25) is 0 Å². The SMILES string of the molecule is Cc1ccc(C(=O)N2CCCN(CC3CC3)CC2)cc1N. The Morgan fingerprint density at radius 3 is 2.76 bits per heavy atom. The molecule has 1 aliphatic carbocycles. The molecule has 0 unspecified atom stereocenters. The lowest BCUT2D eigenvalue weighted by molar-refractivity contribution is 0.0761. The molecule has 0 radical (unpaired) electrons. The molecule has 114 valence electrons. The van der Waals surface area contributed by atoms with E-state index in [4.69, 9.17) is 5.73 Å². The molecule has 0 atom stereocenters. The maximum atomic E-state index is 12.6. The van der Waals surface area contributed by atoms with Gasteiger partial charge in [0, 0.05) is 37.4 Å². The standard InChI is InChI=1S/C17H25N3O/c1-13-3-6-15(11-16(13)18)17(21)20-8-2-7-19(9-10-20)12-14-4-5-14/h3,6,11,14H,2,4-5,7-10,12,18H2,1H3. The van der Waals surface area contributed by atoms with E-state index in [-0.39, 0.29) is 5.91 Å². The third-order valence-corrected chi connectivity index (χ3v) is 4.62. The van der Waals surface area contributed by atoms with Crippen LogP contribution in [-0.2, 0) is 0 Å². The number of aryl methyl sites for hydroxylation is 1. The van der Waals surface area contributed by atoms with E-state index < -0.39 is 0 Å². The number of carbonyl (C=O) groups is 1. The van der Waals surface area contributed by atoms with Crippen LogP contribution < -0.4 is 5.73 Å². The van der Waals surface area contributed by atoms with Crippen LogP contribution in [0.4, 0.5) is 5.69 Å². The number of nitrogens with zero attached hydrogens (tertiary/aromatic N) is 2. The van der Waals surface area contributed by atoms with Crippen molar-refractivity contribution in [1.29, 1.82) is 0 Å². The maximum absolute atomic E-state index is 12.6. The largest absolute Gasteiger partial charge is 0.398 e. The Bertz CT molecular complexity index is 525. The fourth-order valence-electron chi connectivity index (χ4n) is 2.98. The van der Waals surface area contributed by atoms with Crippen LogP contribution in [0, 0.1) is 12.8 Å². The first-order valence-corrected chi connectivity index (χ1v) is 8.01. The Morgan fingerprint density at radius 1 is 1.24 bits per heavy atom. The summed E-state index contributed by atoms with van der Waals surface area (Å²) in [6, 6.07) is 5.63. The Hall–Kier alpha value is -1.55. The average Bonchev–Trinajstić information content (AvgIpc) is 3.29. The van der Waals surface area contributed by atoms with E-state index in [1.807, 2.05) is 30.0 Å². The van der Waals surface area contributed by atoms with E-state index in [1.165, 1.54) is 19.4 Å². The third kappa shape index (κ3) is 3.56. The molecule has 0 aromatic heterocycles. The number of anilines is 1. The van der Waals surface area contributed by atoms with Crippen LogP contribution >= 0.6 is 0 Å². The Balaban J connectivity index is 1.62. The van der Waals surface area contributed by atoms with Crippen LogP contribution in [0.15, 0.2) is 18.2 Å². The van der Waals surface area contributed by atoms with Gasteiger partial charge >= 0.3 is 0 Å². The smallest absolute Gasteiger partial charge is 0.253 e. The van der Waals surface area contributed by atoms with Crippen LogP contribution in [-0.4, -0.2) is 48.4 Å². The molecule has 1 aromatic rings. The lowest BCUT2D eigenvalue weighted by Crippen LogP contribution is -2.35. The topological polar surface area (TPSA) is 49.6 Å². The van der Waals surface area contributed by atoms with Crippen molar-refractivity contribution in [3.8, 4) is 0 Å². The zero-order valence-corrected chi connectivity index (χ0v) is 12.8. The Labute approximate surface area is 126 Å². The number of benzene rings is 1. The second-order valence-corrected chi connectivity index (χ2v) is 6.46. The zero-order valence-electron chi connectivity index (χ0n) is 12.8. The molecule has 1 aliphatic heterocycles. The van der Waals surface area contributed by atoms with Gasteiger partial charge in [0.05, 0.1) is 0 Å². The molecule has 2 N–H and O–H groups in total. The van der Waals surface area contributed by atoms with Gasteiger partial charge in [0.15, 0.2) is 0 Å². The normalized spacial score (nSPS) is 20.3. The van der Waals surface area contributed by atoms with Gasteiger partial charge < -0.3 is 15.5 Å². The molecule has 4 nitrogen and oxygen atoms in total. The van der Waals surface area contributed by atoms with Gasteiger partial charge in [-0.05, 0) is 56.3 Å². The molecule has 21 heavy (non-hydrogen) atoms. The van der Waals surface area contributed by atoms with E-state index in [2.05, 4.69) is 4.90 Å². The highest BCUT2D eigenvalue weighted by Crippen LogP contribution is 2.30. The van der Waals surface area contributed by atoms with Crippen molar-refractivity contribution < 1.29 is 4.79 Å². The monoisotopic (exact) mass is 287 g/mol. The molecule has 1 saturated carbocycles. The van der Waals surface area contributed by atoms with Crippen LogP contribution in [0.3, 0.4) is 0 Å². The van der Waals surface area contributed by atoms with Gasteiger partial charge in [0.2, 0.25) is 0 Å². The number of nitrogens with two attached hydrogens (primary N) is 1. The number of hydrogen-bond donors (Lipinski definition) is 1. The van der Waals surface area contributed by atoms with Crippen molar-refractivity contribution in [1.82, 2.24) is 9.80 Å². The van der Waals surface area contributed by atoms with Crippen molar-refractivity contribution in [2.75, 3.05) is 38.5 Å². The molecule has 1 heterocycles. The summed E-state index contributed by atoms with van der Waals surface area (Å²) in [5.41, 5.74) is 8.37. The van der Waals surface area contributed by atoms with Gasteiger partial charge in [-0.1, -0.05) is 6.07 Å². The van der Waals surface area contributed by atoms with Crippen molar-refractivity contribution in [2.24, 2.45) is 5.92 Å². The second kappa shape index (κ2) is 6.06. The van der Waals surface area contributed by atoms with Gasteiger partial charge in [-0.25, -0.2) is 0 Å². The molecule has 0 spiro atoms. The maximum Gasteiger partial charge on any atom is 0.253 e. The lowest BCUT2D eigenvalue weighted by atomic mass is 10.1. The summed E-state index contributed by atoms with van der Waals surface area (Å²) in [4.78, 5) is 17.1. The molecule has 4 heteroatoms. The zero-order chi connectivity index (χ0) is 14.8. The summed E-state index contributed by atoms with van der Waals surface area (Å²) < 4.78 is 0. The number of rotatable bonds is 3. The second-order valence-electron chi connectivity index (χ2n) is 6.46. The summed E-state index contributed by atoms with van der Waals surface area (Å²) in [7, 11) is 0. The molecule has 1 saturated heterocycles. The van der Waals surface area contributed by atoms with E-state index in [1.54, 1.807) is 0 Å². The molecule has 1 aromatic carbocycles. The van der Waals surface area contributed by atoms with Gasteiger partial charge in [0.1, 0.15) is 0 Å². The first-order valence-electron chi connectivity index (χ1n) is 8.01. The molecule has 1 amide bonds. The van der Waals surface area contributed by atoms with Crippen LogP contribution in [0.5, 0.6) is 0 Å². The van der Waals surface area contributed by atoms with Gasteiger partial charge in [-0.3, -0.25) is 4.79 Å². The fraction of sp³-hybridized carbons (Fsp3) is 0.588. The molecule has 0 bridgehead atoms. The van der Waals surface area contributed by atoms with Crippen LogP contribution in [0.1, 0.15) is 35.2 Å². The molecule has 3 rings (SSSR count). The predicted molar refractivity (Wildman–Crippen MR) is 85.3 cm³/mol. The highest BCUT2D eigenvalue weighted by Gasteiger charge is 2.26. The van der Waals surface area contributed by atoms with Crippen molar-refractivity contribution in [3.05, 3.63) is 29.3 Å².